The highest BCUT2D eigenvalue weighted by Crippen LogP contribution is 2.45. The van der Waals surface area contributed by atoms with Crippen LogP contribution in [-0.2, 0) is 19.4 Å². The fourth-order valence-electron chi connectivity index (χ4n) is 6.08. The van der Waals surface area contributed by atoms with Crippen molar-refractivity contribution in [3.05, 3.63) is 116 Å². The van der Waals surface area contributed by atoms with Crippen LogP contribution < -0.4 is 5.32 Å². The Morgan fingerprint density at radius 2 is 1.81 bits per heavy atom. The molecule has 0 unspecified atom stereocenters. The number of rotatable bonds is 6. The summed E-state index contributed by atoms with van der Waals surface area (Å²) in [5.74, 6) is 0.167. The van der Waals surface area contributed by atoms with E-state index in [1.165, 1.54) is 17.0 Å². The van der Waals surface area contributed by atoms with E-state index in [2.05, 4.69) is 49.7 Å². The van der Waals surface area contributed by atoms with Gasteiger partial charge in [-0.15, -0.1) is 11.3 Å². The second-order valence-electron chi connectivity index (χ2n) is 12.4. The fraction of sp³-hybridized carbons (Fsp3) is 0.278. The van der Waals surface area contributed by atoms with Crippen LogP contribution in [0.2, 0.25) is 5.02 Å². The Morgan fingerprint density at radius 1 is 1.09 bits per heavy atom. The average Bonchev–Trinajstić information content (AvgIpc) is 3.48. The molecule has 0 fully saturated rings. The first-order chi connectivity index (χ1) is 20.6. The molecule has 0 saturated heterocycles. The van der Waals surface area contributed by atoms with Gasteiger partial charge in [0.25, 0.3) is 5.91 Å². The molecule has 3 aromatic carbocycles. The minimum Gasteiger partial charge on any atom is -0.340 e. The molecule has 4 nitrogen and oxygen atoms in total. The number of thiophene rings is 1. The van der Waals surface area contributed by atoms with Gasteiger partial charge in [-0.2, -0.15) is 0 Å². The van der Waals surface area contributed by atoms with Crippen molar-refractivity contribution in [1.82, 2.24) is 4.57 Å². The lowest BCUT2D eigenvalue weighted by atomic mass is 9.72. The lowest BCUT2D eigenvalue weighted by Gasteiger charge is -2.33. The maximum atomic E-state index is 13.8. The summed E-state index contributed by atoms with van der Waals surface area (Å²) in [5, 5.41) is 5.53. The number of para-hydroxylation sites is 1. The summed E-state index contributed by atoms with van der Waals surface area (Å²) in [7, 11) is 0. The van der Waals surface area contributed by atoms with Crippen LogP contribution in [0.25, 0.3) is 10.9 Å². The smallest absolute Gasteiger partial charge is 0.259 e. The molecule has 5 aromatic rings. The summed E-state index contributed by atoms with van der Waals surface area (Å²) in [6.45, 7) is 9.61. The maximum absolute atomic E-state index is 13.8. The predicted octanol–water partition coefficient (Wildman–Crippen LogP) is 10.0. The first kappa shape index (κ1) is 29.3. The SMILES string of the molecule is Cc1c(C=Nc2sc3c(c2C(=O)Nc2ccc(Cl)cc2)CC[C@@H](C(C)(C)C)C3)c2ccccc2n1Cc1ccc(F)cc1. The standard InChI is InChI=1S/C36H35ClFN3OS/c1-22-30(28-7-5-6-8-31(28)41(22)21-23-9-14-26(38)15-10-23)20-39-35-33(34(42)40-27-16-12-25(37)13-17-27)29-18-11-24(36(2,3)4)19-32(29)43-35/h5-10,12-17,20,24H,11,18-19,21H2,1-4H3,(H,40,42)/t24-/m1/s1. The number of carbonyl (C=O) groups excluding carboxylic acids is 1. The van der Waals surface area contributed by atoms with Crippen LogP contribution in [0.15, 0.2) is 77.8 Å². The van der Waals surface area contributed by atoms with Gasteiger partial charge >= 0.3 is 0 Å². The molecule has 7 heteroatoms. The summed E-state index contributed by atoms with van der Waals surface area (Å²) in [5.41, 5.74) is 6.88. The third kappa shape index (κ3) is 6.04. The topological polar surface area (TPSA) is 46.4 Å². The van der Waals surface area contributed by atoms with Crippen molar-refractivity contribution >= 4 is 56.7 Å². The third-order valence-corrected chi connectivity index (χ3v) is 10.1. The molecule has 220 valence electrons. The number of aliphatic imine (C=N–C) groups is 1. The van der Waals surface area contributed by atoms with Crippen molar-refractivity contribution in [2.75, 3.05) is 5.32 Å². The molecule has 0 saturated carbocycles. The number of anilines is 1. The molecule has 2 heterocycles. The molecule has 43 heavy (non-hydrogen) atoms. The van der Waals surface area contributed by atoms with Crippen molar-refractivity contribution in [2.24, 2.45) is 16.3 Å². The number of hydrogen-bond acceptors (Lipinski definition) is 3. The minimum absolute atomic E-state index is 0.142. The quantitative estimate of drug-likeness (QED) is 0.191. The van der Waals surface area contributed by atoms with Gasteiger partial charge in [-0.25, -0.2) is 9.38 Å². The van der Waals surface area contributed by atoms with E-state index in [0.29, 0.717) is 28.7 Å². The molecule has 1 N–H and O–H groups in total. The summed E-state index contributed by atoms with van der Waals surface area (Å²) in [6.07, 6.45) is 4.78. The van der Waals surface area contributed by atoms with Crippen LogP contribution >= 0.6 is 22.9 Å². The van der Waals surface area contributed by atoms with Crippen LogP contribution in [0, 0.1) is 24.1 Å². The van der Waals surface area contributed by atoms with E-state index in [-0.39, 0.29) is 17.1 Å². The molecule has 0 radical (unpaired) electrons. The third-order valence-electron chi connectivity index (χ3n) is 8.65. The molecular formula is C36H35ClFN3OS. The highest BCUT2D eigenvalue weighted by atomic mass is 35.5. The van der Waals surface area contributed by atoms with Gasteiger partial charge in [0.1, 0.15) is 10.8 Å². The number of aromatic nitrogens is 1. The van der Waals surface area contributed by atoms with E-state index in [9.17, 15) is 9.18 Å². The van der Waals surface area contributed by atoms with Gasteiger partial charge in [0, 0.05) is 50.5 Å². The first-order valence-electron chi connectivity index (χ1n) is 14.7. The summed E-state index contributed by atoms with van der Waals surface area (Å²) < 4.78 is 15.8. The molecule has 1 aliphatic carbocycles. The lowest BCUT2D eigenvalue weighted by molar-refractivity contribution is 0.102. The molecule has 1 amide bonds. The molecule has 0 bridgehead atoms. The zero-order chi connectivity index (χ0) is 30.3. The van der Waals surface area contributed by atoms with Crippen LogP contribution in [0.1, 0.15) is 64.8 Å². The first-order valence-corrected chi connectivity index (χ1v) is 15.9. The van der Waals surface area contributed by atoms with Crippen molar-refractivity contribution in [3.8, 4) is 0 Å². The Kier molecular flexibility index (Phi) is 8.01. The van der Waals surface area contributed by atoms with Gasteiger partial charge in [-0.1, -0.05) is 62.7 Å². The van der Waals surface area contributed by atoms with E-state index in [0.717, 1.165) is 57.6 Å². The van der Waals surface area contributed by atoms with Gasteiger partial charge < -0.3 is 9.88 Å². The molecule has 0 spiro atoms. The maximum Gasteiger partial charge on any atom is 0.259 e. The number of carbonyl (C=O) groups is 1. The predicted molar refractivity (Wildman–Crippen MR) is 178 cm³/mol. The summed E-state index contributed by atoms with van der Waals surface area (Å²) in [4.78, 5) is 20.1. The van der Waals surface area contributed by atoms with Crippen molar-refractivity contribution < 1.29 is 9.18 Å². The molecule has 1 atom stereocenters. The fourth-order valence-corrected chi connectivity index (χ4v) is 7.48. The Bertz CT molecular complexity index is 1830. The number of fused-ring (bicyclic) bond motifs is 2. The van der Waals surface area contributed by atoms with E-state index in [4.69, 9.17) is 16.6 Å². The van der Waals surface area contributed by atoms with Crippen molar-refractivity contribution in [1.29, 1.82) is 0 Å². The molecule has 1 aliphatic rings. The summed E-state index contributed by atoms with van der Waals surface area (Å²) in [6, 6.07) is 22.1. The monoisotopic (exact) mass is 611 g/mol. The van der Waals surface area contributed by atoms with Gasteiger partial charge in [-0.3, -0.25) is 4.79 Å². The number of amides is 1. The zero-order valence-electron chi connectivity index (χ0n) is 24.9. The molecular weight excluding hydrogens is 577 g/mol. The Hall–Kier alpha value is -3.74. The Morgan fingerprint density at radius 3 is 2.53 bits per heavy atom. The lowest BCUT2D eigenvalue weighted by Crippen LogP contribution is -2.27. The summed E-state index contributed by atoms with van der Waals surface area (Å²) >= 11 is 7.72. The highest BCUT2D eigenvalue weighted by Gasteiger charge is 2.33. The second-order valence-corrected chi connectivity index (χ2v) is 14.0. The van der Waals surface area contributed by atoms with Crippen LogP contribution in [0.3, 0.4) is 0 Å². The molecule has 0 aliphatic heterocycles. The number of nitrogens with zero attached hydrogens (tertiary/aromatic N) is 2. The number of nitrogens with one attached hydrogen (secondary N) is 1. The Balaban J connectivity index is 1.40. The second kappa shape index (κ2) is 11.7. The van der Waals surface area contributed by atoms with E-state index < -0.39 is 0 Å². The number of benzene rings is 3. The van der Waals surface area contributed by atoms with Crippen LogP contribution in [0.4, 0.5) is 15.1 Å². The minimum atomic E-state index is -0.242. The van der Waals surface area contributed by atoms with E-state index in [1.807, 2.05) is 42.6 Å². The van der Waals surface area contributed by atoms with E-state index >= 15 is 0 Å². The van der Waals surface area contributed by atoms with Gasteiger partial charge in [0.2, 0.25) is 0 Å². The van der Waals surface area contributed by atoms with Crippen LogP contribution in [0.5, 0.6) is 0 Å². The zero-order valence-corrected chi connectivity index (χ0v) is 26.5. The van der Waals surface area contributed by atoms with Gasteiger partial charge in [-0.05, 0) is 91.1 Å². The number of halogens is 2. The van der Waals surface area contributed by atoms with Crippen molar-refractivity contribution in [2.45, 2.75) is 53.5 Å². The van der Waals surface area contributed by atoms with Crippen LogP contribution in [-0.4, -0.2) is 16.7 Å². The average molecular weight is 612 g/mol. The van der Waals surface area contributed by atoms with Crippen molar-refractivity contribution in [3.63, 3.8) is 0 Å². The largest absolute Gasteiger partial charge is 0.340 e. The highest BCUT2D eigenvalue weighted by molar-refractivity contribution is 7.16. The molecule has 6 rings (SSSR count). The number of hydrogen-bond donors (Lipinski definition) is 1. The molecule has 2 aromatic heterocycles. The van der Waals surface area contributed by atoms with E-state index in [1.54, 1.807) is 23.5 Å². The van der Waals surface area contributed by atoms with Gasteiger partial charge in [0.05, 0.1) is 5.56 Å². The normalized spacial score (nSPS) is 15.3. The Labute approximate surface area is 261 Å². The van der Waals surface area contributed by atoms with Gasteiger partial charge in [0.15, 0.2) is 0 Å².